The van der Waals surface area contributed by atoms with Crippen molar-refractivity contribution in [3.8, 4) is 11.3 Å². The standard InChI is InChI=1S/C36H36ClF3N6O3/c1-44(36(48)49)25-8-4-22(5-9-25)31-19-42-35(43-31)34-28(21-2-6-23(38)7-3-21)18-26(45-16-14-24(41)15-17-45)20-46(34)32(47)13-10-27-30(39)12-11-29(37)33(27)40/h2-13,19,24,26,28,34H,14-18,20,41H2,1H3,(H,42,43)(H,48,49)/b13-10+. The molecule has 3 atom stereocenters. The Kier molecular flexibility index (Phi) is 10.1. The second-order valence-electron chi connectivity index (χ2n) is 12.5. The third-order valence-electron chi connectivity index (χ3n) is 9.52. The molecule has 13 heteroatoms. The third-order valence-corrected chi connectivity index (χ3v) is 9.81. The molecular formula is C36H36ClF3N6O3. The molecule has 2 saturated heterocycles. The topological polar surface area (TPSA) is 119 Å². The number of carbonyl (C=O) groups excluding carboxylic acids is 1. The van der Waals surface area contributed by atoms with Gasteiger partial charge in [0.15, 0.2) is 5.82 Å². The van der Waals surface area contributed by atoms with Crippen molar-refractivity contribution in [2.45, 2.75) is 43.3 Å². The number of imidazole rings is 1. The molecule has 0 radical (unpaired) electrons. The number of hydrogen-bond acceptors (Lipinski definition) is 5. The number of benzene rings is 3. The fourth-order valence-corrected chi connectivity index (χ4v) is 6.92. The largest absolute Gasteiger partial charge is 0.465 e. The minimum absolute atomic E-state index is 0.0796. The van der Waals surface area contributed by atoms with Crippen molar-refractivity contribution < 1.29 is 27.9 Å². The molecule has 9 nitrogen and oxygen atoms in total. The molecule has 3 heterocycles. The number of likely N-dealkylation sites (tertiary alicyclic amines) is 2. The van der Waals surface area contributed by atoms with Crippen LogP contribution in [0.15, 0.2) is 72.9 Å². The number of halogens is 4. The molecule has 4 aromatic rings. The molecule has 0 aliphatic carbocycles. The summed E-state index contributed by atoms with van der Waals surface area (Å²) in [5.74, 6) is -2.58. The van der Waals surface area contributed by atoms with Gasteiger partial charge in [0.2, 0.25) is 5.91 Å². The number of aromatic amines is 1. The second kappa shape index (κ2) is 14.5. The number of carboxylic acid groups (broad SMARTS) is 1. The number of hydrogen-bond donors (Lipinski definition) is 3. The van der Waals surface area contributed by atoms with E-state index in [1.54, 1.807) is 47.5 Å². The molecule has 4 N–H and O–H groups in total. The van der Waals surface area contributed by atoms with E-state index in [2.05, 4.69) is 9.88 Å². The number of rotatable bonds is 7. The summed E-state index contributed by atoms with van der Waals surface area (Å²) in [6.45, 7) is 1.80. The number of amides is 2. The highest BCUT2D eigenvalue weighted by Gasteiger charge is 2.43. The van der Waals surface area contributed by atoms with Crippen molar-refractivity contribution in [3.05, 3.63) is 112 Å². The van der Waals surface area contributed by atoms with Crippen LogP contribution < -0.4 is 10.6 Å². The summed E-state index contributed by atoms with van der Waals surface area (Å²) in [5.41, 5.74) is 8.44. The average molecular weight is 693 g/mol. The Hall–Kier alpha value is -4.65. The minimum Gasteiger partial charge on any atom is -0.465 e. The first-order valence-corrected chi connectivity index (χ1v) is 16.4. The quantitative estimate of drug-likeness (QED) is 0.145. The van der Waals surface area contributed by atoms with E-state index in [1.165, 1.54) is 19.2 Å². The highest BCUT2D eigenvalue weighted by Crippen LogP contribution is 2.44. The van der Waals surface area contributed by atoms with Crippen LogP contribution in [0.25, 0.3) is 17.3 Å². The predicted octanol–water partition coefficient (Wildman–Crippen LogP) is 6.82. The van der Waals surface area contributed by atoms with Crippen LogP contribution in [0.1, 0.15) is 48.2 Å². The van der Waals surface area contributed by atoms with Crippen LogP contribution in [-0.4, -0.2) is 75.6 Å². The first-order valence-electron chi connectivity index (χ1n) is 16.0. The van der Waals surface area contributed by atoms with Gasteiger partial charge in [-0.25, -0.2) is 22.9 Å². The predicted molar refractivity (Wildman–Crippen MR) is 182 cm³/mol. The molecule has 2 aliphatic rings. The van der Waals surface area contributed by atoms with Gasteiger partial charge in [0.25, 0.3) is 0 Å². The molecule has 3 aromatic carbocycles. The van der Waals surface area contributed by atoms with E-state index in [0.717, 1.165) is 66.2 Å². The number of nitrogens with two attached hydrogens (primary N) is 1. The maximum Gasteiger partial charge on any atom is 0.411 e. The van der Waals surface area contributed by atoms with Crippen LogP contribution in [0.4, 0.5) is 23.7 Å². The fraction of sp³-hybridized carbons (Fsp3) is 0.306. The Balaban J connectivity index is 1.40. The van der Waals surface area contributed by atoms with Crippen molar-refractivity contribution in [2.75, 3.05) is 31.6 Å². The number of aromatic nitrogens is 2. The van der Waals surface area contributed by atoms with Gasteiger partial charge in [-0.05, 0) is 86.0 Å². The second-order valence-corrected chi connectivity index (χ2v) is 12.9. The molecule has 6 rings (SSSR count). The van der Waals surface area contributed by atoms with Gasteiger partial charge in [0.05, 0.1) is 23.0 Å². The van der Waals surface area contributed by atoms with E-state index in [0.29, 0.717) is 30.2 Å². The fourth-order valence-electron chi connectivity index (χ4n) is 6.75. The van der Waals surface area contributed by atoms with Gasteiger partial charge in [-0.1, -0.05) is 35.9 Å². The van der Waals surface area contributed by atoms with Crippen LogP contribution >= 0.6 is 11.6 Å². The number of H-pyrrole nitrogens is 1. The molecule has 0 bridgehead atoms. The van der Waals surface area contributed by atoms with E-state index in [1.807, 2.05) is 0 Å². The molecule has 0 spiro atoms. The van der Waals surface area contributed by atoms with Crippen LogP contribution in [0, 0.1) is 17.5 Å². The molecule has 49 heavy (non-hydrogen) atoms. The van der Waals surface area contributed by atoms with Gasteiger partial charge in [0.1, 0.15) is 17.5 Å². The van der Waals surface area contributed by atoms with E-state index in [-0.39, 0.29) is 23.0 Å². The molecule has 1 aromatic heterocycles. The SMILES string of the molecule is CN(C(=O)O)c1ccc(-c2cnc(C3C(c4ccc(F)cc4)CC(N4CCC(N)CC4)CN3C(=O)/C=C/c3c(F)ccc(Cl)c3F)[nH]2)cc1. The van der Waals surface area contributed by atoms with Gasteiger partial charge in [0, 0.05) is 48.9 Å². The van der Waals surface area contributed by atoms with Crippen molar-refractivity contribution in [1.82, 2.24) is 19.8 Å². The van der Waals surface area contributed by atoms with Gasteiger partial charge >= 0.3 is 6.09 Å². The van der Waals surface area contributed by atoms with Gasteiger partial charge in [-0.2, -0.15) is 0 Å². The summed E-state index contributed by atoms with van der Waals surface area (Å²) in [4.78, 5) is 38.7. The summed E-state index contributed by atoms with van der Waals surface area (Å²) in [7, 11) is 1.45. The highest BCUT2D eigenvalue weighted by atomic mass is 35.5. The zero-order valence-electron chi connectivity index (χ0n) is 26.7. The lowest BCUT2D eigenvalue weighted by Crippen LogP contribution is -2.55. The Bertz CT molecular complexity index is 1840. The first kappa shape index (κ1) is 34.2. The lowest BCUT2D eigenvalue weighted by atomic mass is 9.80. The molecule has 2 amide bonds. The summed E-state index contributed by atoms with van der Waals surface area (Å²) < 4.78 is 43.5. The van der Waals surface area contributed by atoms with Crippen LogP contribution in [0.3, 0.4) is 0 Å². The molecule has 2 aliphatic heterocycles. The van der Waals surface area contributed by atoms with E-state index >= 15 is 0 Å². The Morgan fingerprint density at radius 1 is 1.04 bits per heavy atom. The lowest BCUT2D eigenvalue weighted by Gasteiger charge is -2.48. The minimum atomic E-state index is -1.09. The molecule has 2 fully saturated rings. The smallest absolute Gasteiger partial charge is 0.411 e. The zero-order valence-corrected chi connectivity index (χ0v) is 27.5. The monoisotopic (exact) mass is 692 g/mol. The molecular weight excluding hydrogens is 657 g/mol. The number of nitrogens with zero attached hydrogens (tertiary/aromatic N) is 4. The average Bonchev–Trinajstić information content (AvgIpc) is 3.60. The maximum absolute atomic E-state index is 14.8. The highest BCUT2D eigenvalue weighted by molar-refractivity contribution is 6.30. The number of nitrogens with one attached hydrogen (secondary N) is 1. The van der Waals surface area contributed by atoms with Crippen LogP contribution in [0.5, 0.6) is 0 Å². The summed E-state index contributed by atoms with van der Waals surface area (Å²) in [6.07, 6.45) is 5.03. The normalized spacial score (nSPS) is 20.5. The number of carbonyl (C=O) groups is 2. The zero-order chi connectivity index (χ0) is 34.8. The van der Waals surface area contributed by atoms with Crippen molar-refractivity contribution >= 4 is 35.4 Å². The van der Waals surface area contributed by atoms with Gasteiger partial charge < -0.3 is 20.7 Å². The maximum atomic E-state index is 14.8. The summed E-state index contributed by atoms with van der Waals surface area (Å²) in [6, 6.07) is 14.6. The Labute approximate surface area is 286 Å². The number of piperidine rings is 2. The molecule has 0 saturated carbocycles. The Morgan fingerprint density at radius 2 is 1.73 bits per heavy atom. The van der Waals surface area contributed by atoms with Crippen molar-refractivity contribution in [2.24, 2.45) is 5.73 Å². The number of anilines is 1. The summed E-state index contributed by atoms with van der Waals surface area (Å²) >= 11 is 5.90. The van der Waals surface area contributed by atoms with Gasteiger partial charge in [-0.3, -0.25) is 14.6 Å². The van der Waals surface area contributed by atoms with Crippen LogP contribution in [0.2, 0.25) is 5.02 Å². The summed E-state index contributed by atoms with van der Waals surface area (Å²) in [5, 5.41) is 9.06. The van der Waals surface area contributed by atoms with E-state index < -0.39 is 41.1 Å². The van der Waals surface area contributed by atoms with Crippen molar-refractivity contribution in [3.63, 3.8) is 0 Å². The lowest BCUT2D eigenvalue weighted by molar-refractivity contribution is -0.132. The molecule has 3 unspecified atom stereocenters. The van der Waals surface area contributed by atoms with E-state index in [4.69, 9.17) is 22.3 Å². The van der Waals surface area contributed by atoms with Crippen LogP contribution in [-0.2, 0) is 4.79 Å². The van der Waals surface area contributed by atoms with Crippen molar-refractivity contribution in [1.29, 1.82) is 0 Å². The van der Waals surface area contributed by atoms with Gasteiger partial charge in [-0.15, -0.1) is 0 Å². The first-order chi connectivity index (χ1) is 23.5. The third kappa shape index (κ3) is 7.36. The Morgan fingerprint density at radius 3 is 2.41 bits per heavy atom. The molecule has 256 valence electrons. The van der Waals surface area contributed by atoms with E-state index in [9.17, 15) is 27.9 Å².